The Kier molecular flexibility index (Phi) is 2.78. The molecule has 2 bridgehead atoms. The Bertz CT molecular complexity index is 526. The van der Waals surface area contributed by atoms with Gasteiger partial charge in [0.2, 0.25) is 0 Å². The highest BCUT2D eigenvalue weighted by molar-refractivity contribution is 5.71. The van der Waals surface area contributed by atoms with Crippen LogP contribution in [-0.4, -0.2) is 33.0 Å². The summed E-state index contributed by atoms with van der Waals surface area (Å²) < 4.78 is 5.14. The van der Waals surface area contributed by atoms with Gasteiger partial charge in [-0.05, 0) is 25.3 Å². The molecule has 0 aromatic carbocycles. The van der Waals surface area contributed by atoms with Gasteiger partial charge in [0.25, 0.3) is 0 Å². The molecule has 7 heteroatoms. The summed E-state index contributed by atoms with van der Waals surface area (Å²) in [5, 5.41) is 19.7. The van der Waals surface area contributed by atoms with Crippen LogP contribution >= 0.6 is 0 Å². The first-order valence-electron chi connectivity index (χ1n) is 6.28. The summed E-state index contributed by atoms with van der Waals surface area (Å²) in [5.74, 6) is -0.808. The summed E-state index contributed by atoms with van der Waals surface area (Å²) in [6, 6.07) is 3.22. The first-order chi connectivity index (χ1) is 9.06. The summed E-state index contributed by atoms with van der Waals surface area (Å²) in [4.78, 5) is 23.2. The van der Waals surface area contributed by atoms with Gasteiger partial charge in [0.05, 0.1) is 18.5 Å². The molecule has 0 amide bonds. The lowest BCUT2D eigenvalue weighted by Crippen LogP contribution is -2.32. The van der Waals surface area contributed by atoms with E-state index >= 15 is 0 Å². The minimum Gasteiger partial charge on any atom is -0.481 e. The molecule has 2 aliphatic heterocycles. The Labute approximate surface area is 109 Å². The van der Waals surface area contributed by atoms with Gasteiger partial charge >= 0.3 is 11.9 Å². The zero-order valence-electron chi connectivity index (χ0n) is 10.2. The van der Waals surface area contributed by atoms with Crippen LogP contribution < -0.4 is 0 Å². The van der Waals surface area contributed by atoms with E-state index in [2.05, 4.69) is 4.90 Å². The molecule has 3 rings (SSSR count). The number of nitrogens with zero attached hydrogens (tertiary/aromatic N) is 2. The summed E-state index contributed by atoms with van der Waals surface area (Å²) >= 11 is 0. The van der Waals surface area contributed by atoms with Crippen LogP contribution in [0.3, 0.4) is 0 Å². The fourth-order valence-electron chi connectivity index (χ4n) is 3.34. The number of aliphatic carboxylic acids is 1. The molecule has 0 aliphatic carbocycles. The number of furan rings is 1. The lowest BCUT2D eigenvalue weighted by atomic mass is 9.89. The average Bonchev–Trinajstić information content (AvgIpc) is 3.05. The molecule has 0 spiro atoms. The van der Waals surface area contributed by atoms with Crippen molar-refractivity contribution in [2.45, 2.75) is 37.9 Å². The number of carboxylic acid groups (broad SMARTS) is 1. The molecule has 1 aromatic heterocycles. The number of hydrogen-bond donors (Lipinski definition) is 1. The predicted octanol–water partition coefficient (Wildman–Crippen LogP) is 1.63. The maximum absolute atomic E-state index is 11.1. The third kappa shape index (κ3) is 1.99. The molecule has 2 fully saturated rings. The fourth-order valence-corrected chi connectivity index (χ4v) is 3.34. The quantitative estimate of drug-likeness (QED) is 0.657. The van der Waals surface area contributed by atoms with E-state index in [1.54, 1.807) is 6.07 Å². The second kappa shape index (κ2) is 4.34. The van der Waals surface area contributed by atoms with E-state index in [-0.39, 0.29) is 23.9 Å². The molecule has 3 unspecified atom stereocenters. The monoisotopic (exact) mass is 266 g/mol. The molecule has 7 nitrogen and oxygen atoms in total. The van der Waals surface area contributed by atoms with Crippen LogP contribution in [0, 0.1) is 16.0 Å². The van der Waals surface area contributed by atoms with E-state index in [4.69, 9.17) is 9.52 Å². The van der Waals surface area contributed by atoms with Crippen LogP contribution in [0.15, 0.2) is 16.5 Å². The second-order valence-electron chi connectivity index (χ2n) is 5.15. The highest BCUT2D eigenvalue weighted by Gasteiger charge is 2.49. The Balaban J connectivity index is 1.73. The Morgan fingerprint density at radius 2 is 2.32 bits per heavy atom. The van der Waals surface area contributed by atoms with E-state index in [1.807, 2.05) is 0 Å². The minimum atomic E-state index is -0.748. The maximum atomic E-state index is 11.1. The van der Waals surface area contributed by atoms with Crippen molar-refractivity contribution in [2.75, 3.05) is 0 Å². The average molecular weight is 266 g/mol. The Morgan fingerprint density at radius 1 is 1.53 bits per heavy atom. The molecule has 1 N–H and O–H groups in total. The van der Waals surface area contributed by atoms with Gasteiger partial charge in [0.15, 0.2) is 0 Å². The number of nitro groups is 1. The molecular weight excluding hydrogens is 252 g/mol. The van der Waals surface area contributed by atoms with E-state index in [1.165, 1.54) is 6.07 Å². The maximum Gasteiger partial charge on any atom is 0.433 e. The Hall–Kier alpha value is -1.89. The highest BCUT2D eigenvalue weighted by atomic mass is 16.6. The van der Waals surface area contributed by atoms with Gasteiger partial charge in [-0.25, -0.2) is 0 Å². The lowest BCUT2D eigenvalue weighted by Gasteiger charge is -2.21. The molecule has 3 atom stereocenters. The van der Waals surface area contributed by atoms with Gasteiger partial charge in [0, 0.05) is 12.1 Å². The van der Waals surface area contributed by atoms with Crippen molar-refractivity contribution in [1.29, 1.82) is 0 Å². The zero-order valence-corrected chi connectivity index (χ0v) is 10.2. The largest absolute Gasteiger partial charge is 0.481 e. The highest BCUT2D eigenvalue weighted by Crippen LogP contribution is 2.42. The first-order valence-corrected chi connectivity index (χ1v) is 6.28. The summed E-state index contributed by atoms with van der Waals surface area (Å²) in [5.41, 5.74) is 0. The molecular formula is C12H14N2O5. The lowest BCUT2D eigenvalue weighted by molar-refractivity contribution is -0.402. The SMILES string of the molecule is O=C(O)C1CC2CCC1N2Cc1ccc([N+](=O)[O-])o1. The number of fused-ring (bicyclic) bond motifs is 2. The fraction of sp³-hybridized carbons (Fsp3) is 0.583. The third-order valence-corrected chi connectivity index (χ3v) is 4.16. The van der Waals surface area contributed by atoms with E-state index < -0.39 is 10.9 Å². The molecule has 102 valence electrons. The topological polar surface area (TPSA) is 96.8 Å². The summed E-state index contributed by atoms with van der Waals surface area (Å²) in [7, 11) is 0. The van der Waals surface area contributed by atoms with Gasteiger partial charge < -0.3 is 9.52 Å². The van der Waals surface area contributed by atoms with E-state index in [0.29, 0.717) is 18.7 Å². The number of carbonyl (C=O) groups is 1. The van der Waals surface area contributed by atoms with Gasteiger partial charge in [-0.15, -0.1) is 0 Å². The molecule has 19 heavy (non-hydrogen) atoms. The van der Waals surface area contributed by atoms with Gasteiger partial charge in [-0.3, -0.25) is 19.8 Å². The van der Waals surface area contributed by atoms with E-state index in [9.17, 15) is 14.9 Å². The van der Waals surface area contributed by atoms with E-state index in [0.717, 1.165) is 12.8 Å². The van der Waals surface area contributed by atoms with Gasteiger partial charge in [-0.1, -0.05) is 0 Å². The van der Waals surface area contributed by atoms with Crippen LogP contribution in [0.4, 0.5) is 5.88 Å². The summed E-state index contributed by atoms with van der Waals surface area (Å²) in [6.45, 7) is 0.451. The Morgan fingerprint density at radius 3 is 2.89 bits per heavy atom. The van der Waals surface area contributed by atoms with Gasteiger partial charge in [-0.2, -0.15) is 0 Å². The molecule has 1 aromatic rings. The van der Waals surface area contributed by atoms with Crippen LogP contribution in [0.2, 0.25) is 0 Å². The number of rotatable bonds is 4. The number of hydrogen-bond acceptors (Lipinski definition) is 5. The first kappa shape index (κ1) is 12.2. The molecule has 3 heterocycles. The predicted molar refractivity (Wildman–Crippen MR) is 63.5 cm³/mol. The molecule has 0 radical (unpaired) electrons. The van der Waals surface area contributed by atoms with Crippen molar-refractivity contribution in [3.05, 3.63) is 28.0 Å². The standard InChI is InChI=1S/C12H14N2O5/c15-12(16)9-5-7-1-3-10(9)13(7)6-8-2-4-11(19-8)14(17)18/h2,4,7,9-10H,1,3,5-6H2,(H,15,16). The van der Waals surface area contributed by atoms with Crippen LogP contribution in [0.5, 0.6) is 0 Å². The second-order valence-corrected chi connectivity index (χ2v) is 5.15. The van der Waals surface area contributed by atoms with Crippen molar-refractivity contribution < 1.29 is 19.2 Å². The zero-order chi connectivity index (χ0) is 13.6. The van der Waals surface area contributed by atoms with Crippen molar-refractivity contribution in [2.24, 2.45) is 5.92 Å². The smallest absolute Gasteiger partial charge is 0.433 e. The molecule has 2 aliphatic rings. The number of carboxylic acids is 1. The molecule has 2 saturated heterocycles. The van der Waals surface area contributed by atoms with Crippen molar-refractivity contribution in [3.63, 3.8) is 0 Å². The van der Waals surface area contributed by atoms with Gasteiger partial charge in [0.1, 0.15) is 10.7 Å². The van der Waals surface area contributed by atoms with Crippen LogP contribution in [-0.2, 0) is 11.3 Å². The van der Waals surface area contributed by atoms with Crippen LogP contribution in [0.1, 0.15) is 25.0 Å². The van der Waals surface area contributed by atoms with Crippen molar-refractivity contribution >= 4 is 11.9 Å². The third-order valence-electron chi connectivity index (χ3n) is 4.16. The van der Waals surface area contributed by atoms with Crippen molar-refractivity contribution in [1.82, 2.24) is 4.90 Å². The van der Waals surface area contributed by atoms with Crippen molar-refractivity contribution in [3.8, 4) is 0 Å². The molecule has 0 saturated carbocycles. The van der Waals surface area contributed by atoms with Crippen LogP contribution in [0.25, 0.3) is 0 Å². The minimum absolute atomic E-state index is 0.0339. The normalized spacial score (nSPS) is 29.8. The summed E-state index contributed by atoms with van der Waals surface area (Å²) in [6.07, 6.45) is 2.55.